The summed E-state index contributed by atoms with van der Waals surface area (Å²) in [6.07, 6.45) is 0.946. The molecule has 1 saturated heterocycles. The fourth-order valence-electron chi connectivity index (χ4n) is 3.25. The van der Waals surface area contributed by atoms with Gasteiger partial charge in [-0.2, -0.15) is 0 Å². The van der Waals surface area contributed by atoms with E-state index in [0.717, 1.165) is 18.4 Å². The number of aliphatic hydroxyl groups is 1. The minimum Gasteiger partial charge on any atom is -0.388 e. The Bertz CT molecular complexity index is 738. The van der Waals surface area contributed by atoms with E-state index in [0.29, 0.717) is 18.7 Å². The van der Waals surface area contributed by atoms with Gasteiger partial charge in [-0.3, -0.25) is 14.9 Å². The van der Waals surface area contributed by atoms with E-state index in [-0.39, 0.29) is 17.5 Å². The van der Waals surface area contributed by atoms with Crippen LogP contribution in [0.5, 0.6) is 0 Å². The van der Waals surface area contributed by atoms with Crippen molar-refractivity contribution in [2.75, 3.05) is 13.1 Å². The Balaban J connectivity index is 1.60. The molecule has 1 fully saturated rings. The van der Waals surface area contributed by atoms with Gasteiger partial charge in [0.25, 0.3) is 11.6 Å². The summed E-state index contributed by atoms with van der Waals surface area (Å²) in [5.74, 6) is 0.00543. The van der Waals surface area contributed by atoms with Gasteiger partial charge in [-0.15, -0.1) is 0 Å². The van der Waals surface area contributed by atoms with Crippen molar-refractivity contribution in [3.8, 4) is 0 Å². The van der Waals surface area contributed by atoms with Gasteiger partial charge < -0.3 is 10.0 Å². The zero-order valence-electron chi connectivity index (χ0n) is 13.7. The van der Waals surface area contributed by atoms with E-state index in [4.69, 9.17) is 0 Å². The third-order valence-electron chi connectivity index (χ3n) is 4.74. The first-order valence-corrected chi connectivity index (χ1v) is 8.33. The van der Waals surface area contributed by atoms with Crippen LogP contribution in [0.25, 0.3) is 0 Å². The van der Waals surface area contributed by atoms with Crippen LogP contribution < -0.4 is 0 Å². The van der Waals surface area contributed by atoms with Crippen LogP contribution in [0.2, 0.25) is 0 Å². The van der Waals surface area contributed by atoms with Crippen LogP contribution in [0.4, 0.5) is 5.69 Å². The second kappa shape index (κ2) is 7.44. The third-order valence-corrected chi connectivity index (χ3v) is 4.74. The third kappa shape index (κ3) is 3.85. The summed E-state index contributed by atoms with van der Waals surface area (Å²) in [5, 5.41) is 21.2. The number of nitro benzene ring substituents is 1. The lowest BCUT2D eigenvalue weighted by atomic mass is 9.87. The zero-order chi connectivity index (χ0) is 17.8. The number of carbonyl (C=O) groups is 1. The summed E-state index contributed by atoms with van der Waals surface area (Å²) in [7, 11) is 0. The monoisotopic (exact) mass is 340 g/mol. The normalized spacial score (nSPS) is 16.4. The minimum absolute atomic E-state index is 0.0266. The molecule has 1 atom stereocenters. The minimum atomic E-state index is -0.516. The number of piperidine rings is 1. The molecule has 2 aromatic rings. The van der Waals surface area contributed by atoms with Gasteiger partial charge in [0, 0.05) is 30.8 Å². The molecule has 0 saturated carbocycles. The molecule has 25 heavy (non-hydrogen) atoms. The molecule has 1 N–H and O–H groups in total. The number of rotatable bonds is 4. The number of likely N-dealkylation sites (tertiary alicyclic amines) is 1. The first kappa shape index (κ1) is 17.1. The summed E-state index contributed by atoms with van der Waals surface area (Å²) >= 11 is 0. The highest BCUT2D eigenvalue weighted by Crippen LogP contribution is 2.31. The Hall–Kier alpha value is -2.73. The number of amides is 1. The average Bonchev–Trinajstić information content (AvgIpc) is 2.67. The number of aliphatic hydroxyl groups excluding tert-OH is 1. The second-order valence-electron chi connectivity index (χ2n) is 6.29. The van der Waals surface area contributed by atoms with E-state index in [2.05, 4.69) is 0 Å². The maximum Gasteiger partial charge on any atom is 0.269 e. The largest absolute Gasteiger partial charge is 0.388 e. The Labute approximate surface area is 145 Å². The summed E-state index contributed by atoms with van der Waals surface area (Å²) in [4.78, 5) is 24.5. The molecule has 0 aromatic heterocycles. The molecular weight excluding hydrogens is 320 g/mol. The van der Waals surface area contributed by atoms with Gasteiger partial charge in [-0.05, 0) is 36.5 Å². The van der Waals surface area contributed by atoms with Gasteiger partial charge in [-0.1, -0.05) is 30.3 Å². The lowest BCUT2D eigenvalue weighted by Crippen LogP contribution is -2.39. The first-order valence-electron chi connectivity index (χ1n) is 8.33. The van der Waals surface area contributed by atoms with Gasteiger partial charge in [0.05, 0.1) is 11.0 Å². The molecule has 6 heteroatoms. The maximum absolute atomic E-state index is 12.5. The molecule has 0 aliphatic carbocycles. The van der Waals surface area contributed by atoms with E-state index in [1.165, 1.54) is 24.3 Å². The van der Waals surface area contributed by atoms with Crippen molar-refractivity contribution in [3.63, 3.8) is 0 Å². The van der Waals surface area contributed by atoms with Crippen LogP contribution in [-0.2, 0) is 0 Å². The molecule has 6 nitrogen and oxygen atoms in total. The Morgan fingerprint density at radius 2 is 1.68 bits per heavy atom. The van der Waals surface area contributed by atoms with Crippen LogP contribution in [-0.4, -0.2) is 33.9 Å². The van der Waals surface area contributed by atoms with Gasteiger partial charge in [-0.25, -0.2) is 0 Å². The molecule has 0 unspecified atom stereocenters. The number of hydrogen-bond donors (Lipinski definition) is 1. The molecule has 1 amide bonds. The van der Waals surface area contributed by atoms with E-state index in [1.807, 2.05) is 30.3 Å². The van der Waals surface area contributed by atoms with Crippen LogP contribution in [0.15, 0.2) is 54.6 Å². The maximum atomic E-state index is 12.5. The van der Waals surface area contributed by atoms with E-state index >= 15 is 0 Å². The van der Waals surface area contributed by atoms with Crippen molar-refractivity contribution in [2.45, 2.75) is 18.9 Å². The van der Waals surface area contributed by atoms with E-state index in [1.54, 1.807) is 4.90 Å². The van der Waals surface area contributed by atoms with Crippen molar-refractivity contribution in [2.24, 2.45) is 5.92 Å². The predicted octanol–water partition coefficient (Wildman–Crippen LogP) is 3.18. The second-order valence-corrected chi connectivity index (χ2v) is 6.29. The number of hydrogen-bond acceptors (Lipinski definition) is 4. The highest BCUT2D eigenvalue weighted by molar-refractivity contribution is 5.94. The molecule has 0 radical (unpaired) electrons. The lowest BCUT2D eigenvalue weighted by Gasteiger charge is -2.34. The summed E-state index contributed by atoms with van der Waals surface area (Å²) in [6.45, 7) is 1.15. The lowest BCUT2D eigenvalue weighted by molar-refractivity contribution is -0.384. The highest BCUT2D eigenvalue weighted by atomic mass is 16.6. The Kier molecular flexibility index (Phi) is 5.09. The van der Waals surface area contributed by atoms with Crippen LogP contribution in [0, 0.1) is 16.0 Å². The number of nitrogens with zero attached hydrogens (tertiary/aromatic N) is 2. The standard InChI is InChI=1S/C19H20N2O4/c22-18(14-4-2-1-3-5-14)15-10-12-20(13-11-15)19(23)16-6-8-17(9-7-16)21(24)25/h1-9,15,18,22H,10-13H2/t18-/m1/s1. The van der Waals surface area contributed by atoms with Gasteiger partial charge >= 0.3 is 0 Å². The summed E-state index contributed by atoms with van der Waals surface area (Å²) < 4.78 is 0. The molecule has 1 heterocycles. The van der Waals surface area contributed by atoms with E-state index in [9.17, 15) is 20.0 Å². The number of benzene rings is 2. The average molecular weight is 340 g/mol. The Morgan fingerprint density at radius 3 is 2.24 bits per heavy atom. The fourth-order valence-corrected chi connectivity index (χ4v) is 3.25. The summed E-state index contributed by atoms with van der Waals surface area (Å²) in [5.41, 5.74) is 1.33. The predicted molar refractivity (Wildman–Crippen MR) is 93.1 cm³/mol. The van der Waals surface area contributed by atoms with Crippen molar-refractivity contribution in [1.29, 1.82) is 0 Å². The molecule has 3 rings (SSSR count). The zero-order valence-corrected chi connectivity index (χ0v) is 13.7. The highest BCUT2D eigenvalue weighted by Gasteiger charge is 2.28. The topological polar surface area (TPSA) is 83.7 Å². The van der Waals surface area contributed by atoms with Crippen LogP contribution in [0.3, 0.4) is 0 Å². The fraction of sp³-hybridized carbons (Fsp3) is 0.316. The smallest absolute Gasteiger partial charge is 0.269 e. The van der Waals surface area contributed by atoms with Gasteiger partial charge in [0.2, 0.25) is 0 Å². The molecule has 0 spiro atoms. The molecular formula is C19H20N2O4. The van der Waals surface area contributed by atoms with Gasteiger partial charge in [0.1, 0.15) is 0 Å². The van der Waals surface area contributed by atoms with Gasteiger partial charge in [0.15, 0.2) is 0 Å². The molecule has 130 valence electrons. The van der Waals surface area contributed by atoms with E-state index < -0.39 is 11.0 Å². The molecule has 2 aromatic carbocycles. The number of non-ortho nitro benzene ring substituents is 1. The van der Waals surface area contributed by atoms with Crippen LogP contribution >= 0.6 is 0 Å². The Morgan fingerprint density at radius 1 is 1.08 bits per heavy atom. The quantitative estimate of drug-likeness (QED) is 0.684. The van der Waals surface area contributed by atoms with Crippen molar-refractivity contribution >= 4 is 11.6 Å². The number of carbonyl (C=O) groups excluding carboxylic acids is 1. The number of nitro groups is 1. The molecule has 1 aliphatic rings. The summed E-state index contributed by atoms with van der Waals surface area (Å²) in [6, 6.07) is 15.2. The van der Waals surface area contributed by atoms with Crippen molar-refractivity contribution in [1.82, 2.24) is 4.90 Å². The van der Waals surface area contributed by atoms with Crippen LogP contribution in [0.1, 0.15) is 34.9 Å². The molecule has 0 bridgehead atoms. The molecule has 1 aliphatic heterocycles. The van der Waals surface area contributed by atoms with Crippen molar-refractivity contribution < 1.29 is 14.8 Å². The SMILES string of the molecule is O=C(c1ccc([N+](=O)[O-])cc1)N1CCC([C@H](O)c2ccccc2)CC1. The van der Waals surface area contributed by atoms with Crippen molar-refractivity contribution in [3.05, 3.63) is 75.8 Å². The first-order chi connectivity index (χ1) is 12.1.